The minimum atomic E-state index is -1.08. The Morgan fingerprint density at radius 2 is 1.27 bits per heavy atom. The lowest BCUT2D eigenvalue weighted by molar-refractivity contribution is -0.328. The van der Waals surface area contributed by atoms with Gasteiger partial charge < -0.3 is 18.9 Å². The highest BCUT2D eigenvalue weighted by Crippen LogP contribution is 2.20. The van der Waals surface area contributed by atoms with Crippen LogP contribution >= 0.6 is 0 Å². The van der Waals surface area contributed by atoms with Crippen LogP contribution in [0.15, 0.2) is 12.2 Å². The number of unbranched alkanes of at least 4 members (excludes halogenated alkanes) is 3. The van der Waals surface area contributed by atoms with E-state index in [0.717, 1.165) is 44.9 Å². The molecule has 0 aromatic rings. The monoisotopic (exact) mass is 386 g/mol. The van der Waals surface area contributed by atoms with Crippen LogP contribution in [-0.2, 0) is 23.7 Å². The molecule has 0 unspecified atom stereocenters. The topological polar surface area (TPSA) is 54.0 Å². The summed E-state index contributed by atoms with van der Waals surface area (Å²) >= 11 is 0. The highest BCUT2D eigenvalue weighted by Gasteiger charge is 2.34. The van der Waals surface area contributed by atoms with Gasteiger partial charge in [-0.3, -0.25) is 0 Å². The summed E-state index contributed by atoms with van der Waals surface area (Å²) in [4.78, 5) is 12.0. The Balaban J connectivity index is 4.89. The number of carbonyl (C=O) groups excluding carboxylic acids is 1. The first-order valence-electron chi connectivity index (χ1n) is 10.1. The molecule has 0 bridgehead atoms. The molecule has 0 atom stereocenters. The van der Waals surface area contributed by atoms with E-state index in [9.17, 15) is 4.79 Å². The lowest BCUT2D eigenvalue weighted by atomic mass is 10.3. The normalized spacial score (nSPS) is 11.5. The van der Waals surface area contributed by atoms with Gasteiger partial charge in [0.15, 0.2) is 9.52 Å². The zero-order valence-corrected chi connectivity index (χ0v) is 18.2. The summed E-state index contributed by atoms with van der Waals surface area (Å²) in [7, 11) is 0.139. The first-order chi connectivity index (χ1) is 12.5. The van der Waals surface area contributed by atoms with Crippen molar-refractivity contribution in [2.45, 2.75) is 84.3 Å². The van der Waals surface area contributed by atoms with Crippen molar-refractivity contribution in [2.24, 2.45) is 0 Å². The summed E-state index contributed by atoms with van der Waals surface area (Å²) in [6, 6.07) is 0.451. The largest absolute Gasteiger partial charge is 0.462 e. The number of ether oxygens (including phenoxy) is 4. The molecular formula is C20H38O5Si. The second-order valence-corrected chi connectivity index (χ2v) is 7.57. The van der Waals surface area contributed by atoms with Gasteiger partial charge >= 0.3 is 5.97 Å². The van der Waals surface area contributed by atoms with Crippen LogP contribution in [0.3, 0.4) is 0 Å². The Bertz CT molecular complexity index is 347. The second-order valence-electron chi connectivity index (χ2n) is 6.26. The van der Waals surface area contributed by atoms with Crippen LogP contribution in [0.4, 0.5) is 0 Å². The average Bonchev–Trinajstić information content (AvgIpc) is 2.64. The van der Waals surface area contributed by atoms with Crippen molar-refractivity contribution in [2.75, 3.05) is 26.4 Å². The van der Waals surface area contributed by atoms with Gasteiger partial charge in [-0.2, -0.15) is 0 Å². The van der Waals surface area contributed by atoms with E-state index in [1.165, 1.54) is 0 Å². The van der Waals surface area contributed by atoms with Crippen LogP contribution in [-0.4, -0.2) is 47.5 Å². The highest BCUT2D eigenvalue weighted by atomic mass is 28.2. The number of rotatable bonds is 18. The highest BCUT2D eigenvalue weighted by molar-refractivity contribution is 6.40. The first kappa shape index (κ1) is 25.3. The van der Waals surface area contributed by atoms with Crippen molar-refractivity contribution in [3.63, 3.8) is 0 Å². The van der Waals surface area contributed by atoms with Gasteiger partial charge in [-0.25, -0.2) is 4.79 Å². The Morgan fingerprint density at radius 3 is 1.65 bits per heavy atom. The van der Waals surface area contributed by atoms with Gasteiger partial charge in [-0.1, -0.05) is 53.5 Å². The van der Waals surface area contributed by atoms with E-state index in [4.69, 9.17) is 18.9 Å². The maximum absolute atomic E-state index is 12.0. The fraction of sp³-hybridized carbons (Fsp3) is 0.850. The lowest BCUT2D eigenvalue weighted by Gasteiger charge is -2.33. The molecule has 0 heterocycles. The van der Waals surface area contributed by atoms with Gasteiger partial charge in [-0.15, -0.1) is 0 Å². The zero-order chi connectivity index (χ0) is 19.7. The molecule has 0 aromatic carbocycles. The van der Waals surface area contributed by atoms with Crippen molar-refractivity contribution >= 4 is 15.5 Å². The Kier molecular flexibility index (Phi) is 16.0. The zero-order valence-electron chi connectivity index (χ0n) is 17.2. The van der Waals surface area contributed by atoms with E-state index in [2.05, 4.69) is 27.4 Å². The minimum absolute atomic E-state index is 0.139. The molecule has 6 heteroatoms. The van der Waals surface area contributed by atoms with E-state index in [-0.39, 0.29) is 15.5 Å². The molecule has 5 nitrogen and oxygen atoms in total. The predicted molar refractivity (Wildman–Crippen MR) is 106 cm³/mol. The molecule has 0 saturated carbocycles. The smallest absolute Gasteiger partial charge is 0.333 e. The van der Waals surface area contributed by atoms with Crippen molar-refractivity contribution in [3.05, 3.63) is 12.2 Å². The Labute approximate surface area is 162 Å². The lowest BCUT2D eigenvalue weighted by Crippen LogP contribution is -2.46. The second kappa shape index (κ2) is 16.5. The molecule has 0 fully saturated rings. The molecule has 0 aromatic heterocycles. The van der Waals surface area contributed by atoms with Gasteiger partial charge in [0.1, 0.15) is 0 Å². The molecule has 0 amide bonds. The van der Waals surface area contributed by atoms with Gasteiger partial charge in [-0.05, 0) is 31.7 Å². The van der Waals surface area contributed by atoms with Crippen molar-refractivity contribution in [3.8, 4) is 0 Å². The van der Waals surface area contributed by atoms with E-state index in [0.29, 0.717) is 38.0 Å². The summed E-state index contributed by atoms with van der Waals surface area (Å²) in [5, 5.41) is 0. The number of hydrogen-bond donors (Lipinski definition) is 0. The summed E-state index contributed by atoms with van der Waals surface area (Å²) < 4.78 is 23.3. The third kappa shape index (κ3) is 11.8. The number of esters is 1. The van der Waals surface area contributed by atoms with Crippen molar-refractivity contribution in [1.29, 1.82) is 0 Å². The first-order valence-corrected chi connectivity index (χ1v) is 11.3. The Hall–Kier alpha value is -0.693. The molecule has 0 N–H and O–H groups in total. The molecule has 0 saturated heterocycles. The van der Waals surface area contributed by atoms with E-state index in [1.807, 2.05) is 6.92 Å². The van der Waals surface area contributed by atoms with Gasteiger partial charge in [0.05, 0.1) is 26.4 Å². The molecule has 0 rings (SSSR count). The maximum Gasteiger partial charge on any atom is 0.333 e. The fourth-order valence-corrected chi connectivity index (χ4v) is 3.10. The molecule has 0 aliphatic heterocycles. The van der Waals surface area contributed by atoms with E-state index in [1.54, 1.807) is 0 Å². The fourth-order valence-electron chi connectivity index (χ4n) is 1.91. The molecular weight excluding hydrogens is 348 g/mol. The summed E-state index contributed by atoms with van der Waals surface area (Å²) in [6.07, 6.45) is 6.75. The van der Waals surface area contributed by atoms with Crippen LogP contribution in [0.2, 0.25) is 6.04 Å². The molecule has 0 aliphatic carbocycles. The van der Waals surface area contributed by atoms with Gasteiger partial charge in [0.25, 0.3) is 5.60 Å². The number of hydrogen-bond acceptors (Lipinski definition) is 5. The molecule has 0 aliphatic rings. The average molecular weight is 387 g/mol. The van der Waals surface area contributed by atoms with Crippen LogP contribution in [0.5, 0.6) is 0 Å². The van der Waals surface area contributed by atoms with Crippen molar-refractivity contribution in [1.82, 2.24) is 0 Å². The predicted octanol–water partition coefficient (Wildman–Crippen LogP) is 4.68. The summed E-state index contributed by atoms with van der Waals surface area (Å²) in [5.41, 5.74) is -0.633. The SMILES string of the molecule is C=C(C[Si]C(OCCCC)(OCCCC)OCCCC)C(=O)OCCC. The Morgan fingerprint density at radius 1 is 0.808 bits per heavy atom. The van der Waals surface area contributed by atoms with Crippen LogP contribution in [0.25, 0.3) is 0 Å². The third-order valence-electron chi connectivity index (χ3n) is 3.61. The van der Waals surface area contributed by atoms with Crippen LogP contribution in [0.1, 0.15) is 72.6 Å². The minimum Gasteiger partial charge on any atom is -0.462 e. The maximum atomic E-state index is 12.0. The molecule has 152 valence electrons. The van der Waals surface area contributed by atoms with Crippen LogP contribution < -0.4 is 0 Å². The molecule has 0 spiro atoms. The third-order valence-corrected chi connectivity index (χ3v) is 5.08. The molecule has 2 radical (unpaired) electrons. The van der Waals surface area contributed by atoms with Gasteiger partial charge in [0.2, 0.25) is 0 Å². The van der Waals surface area contributed by atoms with Crippen LogP contribution in [0, 0.1) is 0 Å². The quantitative estimate of drug-likeness (QED) is 0.113. The summed E-state index contributed by atoms with van der Waals surface area (Å²) in [6.45, 7) is 14.3. The molecule has 26 heavy (non-hydrogen) atoms. The number of carbonyl (C=O) groups is 1. The van der Waals surface area contributed by atoms with E-state index < -0.39 is 5.60 Å². The van der Waals surface area contributed by atoms with E-state index >= 15 is 0 Å². The standard InChI is InChI=1S/C20H38O5Si/c1-6-10-14-23-20(24-15-11-7-2,25-16-12-8-3)26-17-18(5)19(21)22-13-9-4/h5-17H2,1-4H3. The van der Waals surface area contributed by atoms with Crippen molar-refractivity contribution < 1.29 is 23.7 Å². The van der Waals surface area contributed by atoms with Gasteiger partial charge in [0, 0.05) is 5.57 Å². The summed E-state index contributed by atoms with van der Waals surface area (Å²) in [5.74, 6) is -0.344.